The average molecular weight is 431 g/mol. The number of anilines is 2. The Morgan fingerprint density at radius 3 is 2.38 bits per heavy atom. The van der Waals surface area contributed by atoms with Gasteiger partial charge in [0.25, 0.3) is 15.5 Å². The first kappa shape index (κ1) is 22.1. The SMILES string of the molecule is CCc1ccccc1NC(=O)CNc1ccc(S(=O)(=O)C(F)(F)F)cc1[N+](=O)[O-]. The molecular formula is C17H16F3N3O5S. The molecule has 2 N–H and O–H groups in total. The topological polar surface area (TPSA) is 118 Å². The number of nitrogens with zero attached hydrogens (tertiary/aromatic N) is 1. The summed E-state index contributed by atoms with van der Waals surface area (Å²) in [5.41, 5.74) is -5.37. The summed E-state index contributed by atoms with van der Waals surface area (Å²) in [4.78, 5) is 21.0. The predicted molar refractivity (Wildman–Crippen MR) is 99.3 cm³/mol. The van der Waals surface area contributed by atoms with E-state index in [-0.39, 0.29) is 5.69 Å². The molecule has 0 bridgehead atoms. The zero-order valence-corrected chi connectivity index (χ0v) is 15.8. The van der Waals surface area contributed by atoms with E-state index in [2.05, 4.69) is 10.6 Å². The number of nitro benzene ring substituents is 1. The van der Waals surface area contributed by atoms with E-state index in [4.69, 9.17) is 0 Å². The van der Waals surface area contributed by atoms with Crippen LogP contribution in [-0.2, 0) is 21.1 Å². The highest BCUT2D eigenvalue weighted by Gasteiger charge is 2.47. The van der Waals surface area contributed by atoms with Crippen molar-refractivity contribution >= 4 is 32.8 Å². The van der Waals surface area contributed by atoms with Crippen LogP contribution in [0.25, 0.3) is 0 Å². The molecule has 0 atom stereocenters. The van der Waals surface area contributed by atoms with Crippen molar-refractivity contribution in [2.75, 3.05) is 17.2 Å². The normalized spacial score (nSPS) is 11.7. The van der Waals surface area contributed by atoms with Gasteiger partial charge in [-0.1, -0.05) is 25.1 Å². The molecule has 12 heteroatoms. The molecule has 0 saturated heterocycles. The van der Waals surface area contributed by atoms with Crippen molar-refractivity contribution < 1.29 is 31.3 Å². The minimum Gasteiger partial charge on any atom is -0.371 e. The van der Waals surface area contributed by atoms with Gasteiger partial charge in [0.15, 0.2) is 0 Å². The standard InChI is InChI=1S/C17H16F3N3O5S/c1-2-11-5-3-4-6-13(11)22-16(24)10-21-14-8-7-12(9-15(14)23(25)26)29(27,28)17(18,19)20/h3-9,21H,2,10H2,1H3,(H,22,24). The van der Waals surface area contributed by atoms with Gasteiger partial charge >= 0.3 is 5.51 Å². The molecule has 0 spiro atoms. The molecule has 29 heavy (non-hydrogen) atoms. The smallest absolute Gasteiger partial charge is 0.371 e. The lowest BCUT2D eigenvalue weighted by molar-refractivity contribution is -0.384. The van der Waals surface area contributed by atoms with Crippen LogP contribution < -0.4 is 10.6 Å². The monoisotopic (exact) mass is 431 g/mol. The fraction of sp³-hybridized carbons (Fsp3) is 0.235. The Kier molecular flexibility index (Phi) is 6.47. The molecule has 0 aromatic heterocycles. The Hall–Kier alpha value is -3.15. The number of nitrogens with one attached hydrogen (secondary N) is 2. The Bertz CT molecular complexity index is 1040. The number of amides is 1. The van der Waals surface area contributed by atoms with Gasteiger partial charge in [-0.05, 0) is 30.2 Å². The van der Waals surface area contributed by atoms with Crippen LogP contribution >= 0.6 is 0 Å². The van der Waals surface area contributed by atoms with Crippen molar-refractivity contribution in [2.45, 2.75) is 23.7 Å². The van der Waals surface area contributed by atoms with Gasteiger partial charge in [-0.3, -0.25) is 14.9 Å². The Morgan fingerprint density at radius 2 is 1.79 bits per heavy atom. The number of halogens is 3. The van der Waals surface area contributed by atoms with Gasteiger partial charge in [-0.25, -0.2) is 8.42 Å². The van der Waals surface area contributed by atoms with E-state index in [1.54, 1.807) is 18.2 Å². The fourth-order valence-corrected chi connectivity index (χ4v) is 3.21. The Morgan fingerprint density at radius 1 is 1.14 bits per heavy atom. The summed E-state index contributed by atoms with van der Waals surface area (Å²) >= 11 is 0. The van der Waals surface area contributed by atoms with Gasteiger partial charge in [0.05, 0.1) is 16.4 Å². The van der Waals surface area contributed by atoms with Crippen LogP contribution in [0.15, 0.2) is 47.4 Å². The first-order chi connectivity index (χ1) is 13.5. The maximum atomic E-state index is 12.6. The summed E-state index contributed by atoms with van der Waals surface area (Å²) < 4.78 is 60.8. The molecule has 156 valence electrons. The zero-order valence-electron chi connectivity index (χ0n) is 15.0. The van der Waals surface area contributed by atoms with Crippen molar-refractivity contribution in [3.8, 4) is 0 Å². The summed E-state index contributed by atoms with van der Waals surface area (Å²) in [5, 5.41) is 16.2. The number of carbonyl (C=O) groups excluding carboxylic acids is 1. The van der Waals surface area contributed by atoms with Crippen molar-refractivity contribution in [1.82, 2.24) is 0 Å². The van der Waals surface area contributed by atoms with E-state index >= 15 is 0 Å². The first-order valence-corrected chi connectivity index (χ1v) is 9.67. The molecule has 2 rings (SSSR count). The quantitative estimate of drug-likeness (QED) is 0.512. The van der Waals surface area contributed by atoms with Gasteiger partial charge < -0.3 is 10.6 Å². The van der Waals surface area contributed by atoms with Crippen molar-refractivity contribution in [3.05, 3.63) is 58.1 Å². The number of sulfone groups is 1. The molecule has 2 aromatic carbocycles. The zero-order chi connectivity index (χ0) is 21.8. The third-order valence-corrected chi connectivity index (χ3v) is 5.38. The number of rotatable bonds is 7. The fourth-order valence-electron chi connectivity index (χ4n) is 2.43. The van der Waals surface area contributed by atoms with E-state index in [0.717, 1.165) is 11.6 Å². The number of hydrogen-bond acceptors (Lipinski definition) is 6. The van der Waals surface area contributed by atoms with Crippen molar-refractivity contribution in [3.63, 3.8) is 0 Å². The molecule has 0 saturated carbocycles. The summed E-state index contributed by atoms with van der Waals surface area (Å²) in [6.07, 6.45) is 0.657. The van der Waals surface area contributed by atoms with Crippen LogP contribution in [-0.4, -0.2) is 31.3 Å². The molecule has 8 nitrogen and oxygen atoms in total. The van der Waals surface area contributed by atoms with Crippen molar-refractivity contribution in [1.29, 1.82) is 0 Å². The summed E-state index contributed by atoms with van der Waals surface area (Å²) in [5.74, 6) is -0.549. The third kappa shape index (κ3) is 5.02. The van der Waals surface area contributed by atoms with E-state index in [1.807, 2.05) is 13.0 Å². The molecule has 0 heterocycles. The molecule has 0 aliphatic heterocycles. The second-order valence-corrected chi connectivity index (χ2v) is 7.74. The number of hydrogen-bond donors (Lipinski definition) is 2. The molecular weight excluding hydrogens is 415 g/mol. The average Bonchev–Trinajstić information content (AvgIpc) is 2.65. The highest BCUT2D eigenvalue weighted by atomic mass is 32.2. The van der Waals surface area contributed by atoms with Gasteiger partial charge in [-0.2, -0.15) is 13.2 Å². The second kappa shape index (κ2) is 8.47. The molecule has 2 aromatic rings. The van der Waals surface area contributed by atoms with Crippen LogP contribution in [0, 0.1) is 10.1 Å². The van der Waals surface area contributed by atoms with Crippen LogP contribution in [0.2, 0.25) is 0 Å². The van der Waals surface area contributed by atoms with Gasteiger partial charge in [0, 0.05) is 11.8 Å². The van der Waals surface area contributed by atoms with Gasteiger partial charge in [0.1, 0.15) is 5.69 Å². The highest BCUT2D eigenvalue weighted by molar-refractivity contribution is 7.92. The number of para-hydroxylation sites is 1. The van der Waals surface area contributed by atoms with Gasteiger partial charge in [0.2, 0.25) is 5.91 Å². The number of benzene rings is 2. The number of alkyl halides is 3. The summed E-state index contributed by atoms with van der Waals surface area (Å²) in [6.45, 7) is 1.47. The van der Waals surface area contributed by atoms with E-state index in [1.165, 1.54) is 0 Å². The van der Waals surface area contributed by atoms with Crippen LogP contribution in [0.1, 0.15) is 12.5 Å². The lowest BCUT2D eigenvalue weighted by atomic mass is 10.1. The number of nitro groups is 1. The molecule has 0 aliphatic carbocycles. The van der Waals surface area contributed by atoms with Gasteiger partial charge in [-0.15, -0.1) is 0 Å². The minimum absolute atomic E-state index is 0.296. The summed E-state index contributed by atoms with van der Waals surface area (Å²) in [6, 6.07) is 8.70. The molecule has 1 amide bonds. The lowest BCUT2D eigenvalue weighted by Gasteiger charge is -2.12. The lowest BCUT2D eigenvalue weighted by Crippen LogP contribution is -2.24. The molecule has 0 fully saturated rings. The predicted octanol–water partition coefficient (Wildman–Crippen LogP) is 3.50. The maximum Gasteiger partial charge on any atom is 0.501 e. The largest absolute Gasteiger partial charge is 0.501 e. The minimum atomic E-state index is -5.74. The summed E-state index contributed by atoms with van der Waals surface area (Å²) in [7, 11) is -5.74. The van der Waals surface area contributed by atoms with E-state index in [9.17, 15) is 36.5 Å². The molecule has 0 unspecified atom stereocenters. The molecule has 0 radical (unpaired) electrons. The first-order valence-electron chi connectivity index (χ1n) is 8.18. The van der Waals surface area contributed by atoms with E-state index < -0.39 is 43.3 Å². The Balaban J connectivity index is 2.21. The molecule has 0 aliphatic rings. The van der Waals surface area contributed by atoms with Crippen LogP contribution in [0.3, 0.4) is 0 Å². The number of carbonyl (C=O) groups is 1. The highest BCUT2D eigenvalue weighted by Crippen LogP contribution is 2.34. The maximum absolute atomic E-state index is 12.6. The van der Waals surface area contributed by atoms with E-state index in [0.29, 0.717) is 24.2 Å². The Labute approximate surface area is 163 Å². The van der Waals surface area contributed by atoms with Crippen molar-refractivity contribution in [2.24, 2.45) is 0 Å². The van der Waals surface area contributed by atoms with Crippen LogP contribution in [0.4, 0.5) is 30.2 Å². The van der Waals surface area contributed by atoms with Crippen LogP contribution in [0.5, 0.6) is 0 Å². The number of aryl methyl sites for hydroxylation is 1. The third-order valence-electron chi connectivity index (χ3n) is 3.89. The second-order valence-electron chi connectivity index (χ2n) is 5.80.